The molecule has 1 aromatic heterocycles. The number of alkyl halides is 2. The van der Waals surface area contributed by atoms with E-state index in [4.69, 9.17) is 21.1 Å². The first-order valence-corrected chi connectivity index (χ1v) is 11.7. The number of piperidine rings is 1. The molecule has 1 aromatic rings. The number of pyridine rings is 1. The molecule has 0 spiro atoms. The Balaban J connectivity index is 0.000000328. The number of hydrogen-bond acceptors (Lipinski definition) is 6. The smallest absolute Gasteiger partial charge is 0.272 e. The predicted octanol–water partition coefficient (Wildman–Crippen LogP) is 6.52. The van der Waals surface area contributed by atoms with Crippen LogP contribution in [0.25, 0.3) is 0 Å². The van der Waals surface area contributed by atoms with Crippen molar-refractivity contribution in [1.29, 1.82) is 0 Å². The van der Waals surface area contributed by atoms with Crippen LogP contribution in [-0.2, 0) is 0 Å². The van der Waals surface area contributed by atoms with E-state index in [0.717, 1.165) is 30.7 Å². The number of nitrogens with zero attached hydrogens (tertiary/aromatic N) is 3. The van der Waals surface area contributed by atoms with E-state index in [9.17, 15) is 8.78 Å². The first kappa shape index (κ1) is 28.5. The van der Waals surface area contributed by atoms with Crippen LogP contribution in [0.15, 0.2) is 65.4 Å². The van der Waals surface area contributed by atoms with Crippen LogP contribution in [0.3, 0.4) is 0 Å². The zero-order valence-electron chi connectivity index (χ0n) is 21.1. The maximum atomic E-state index is 12.4. The molecule has 0 radical (unpaired) electrons. The fourth-order valence-corrected chi connectivity index (χ4v) is 3.89. The van der Waals surface area contributed by atoms with E-state index in [-0.39, 0.29) is 27.7 Å². The van der Waals surface area contributed by atoms with Gasteiger partial charge in [-0.1, -0.05) is 23.8 Å². The van der Waals surface area contributed by atoms with E-state index in [1.165, 1.54) is 12.3 Å². The Morgan fingerprint density at radius 2 is 2.06 bits per heavy atom. The fourth-order valence-electron chi connectivity index (χ4n) is 3.75. The van der Waals surface area contributed by atoms with Crippen molar-refractivity contribution in [2.45, 2.75) is 65.0 Å². The van der Waals surface area contributed by atoms with E-state index in [1.807, 2.05) is 20.0 Å². The molecule has 1 saturated heterocycles. The molecular formula is C26H35ClF2N4O2. The molecule has 1 unspecified atom stereocenters. The van der Waals surface area contributed by atoms with Gasteiger partial charge < -0.3 is 19.7 Å². The summed E-state index contributed by atoms with van der Waals surface area (Å²) in [6.07, 6.45) is 8.01. The molecule has 192 valence electrons. The Morgan fingerprint density at radius 1 is 1.34 bits per heavy atom. The highest BCUT2D eigenvalue weighted by Gasteiger charge is 2.35. The molecule has 1 atom stereocenters. The van der Waals surface area contributed by atoms with Crippen molar-refractivity contribution in [3.05, 3.63) is 65.4 Å². The number of halogens is 3. The minimum atomic E-state index is -2.61. The Bertz CT molecular complexity index is 1000. The molecule has 1 N–H and O–H groups in total. The van der Waals surface area contributed by atoms with Crippen LogP contribution in [0.4, 0.5) is 8.78 Å². The highest BCUT2D eigenvalue weighted by molar-refractivity contribution is 6.30. The summed E-state index contributed by atoms with van der Waals surface area (Å²) in [5.74, 6) is 0.562. The first-order valence-electron chi connectivity index (χ1n) is 11.3. The van der Waals surface area contributed by atoms with Crippen LogP contribution in [0, 0.1) is 0 Å². The summed E-state index contributed by atoms with van der Waals surface area (Å²) >= 11 is 5.83. The lowest BCUT2D eigenvalue weighted by Gasteiger charge is -2.41. The Morgan fingerprint density at radius 3 is 2.63 bits per heavy atom. The molecule has 3 rings (SSSR count). The molecule has 1 fully saturated rings. The molecule has 0 saturated carbocycles. The highest BCUT2D eigenvalue weighted by Crippen LogP contribution is 2.31. The number of hydrogen-bond donors (Lipinski definition) is 1. The number of nitrogens with one attached hydrogen (secondary N) is 1. The molecule has 0 aliphatic carbocycles. The molecule has 0 amide bonds. The van der Waals surface area contributed by atoms with Crippen molar-refractivity contribution in [3.63, 3.8) is 0 Å². The van der Waals surface area contributed by atoms with Crippen LogP contribution < -0.4 is 14.8 Å². The summed E-state index contributed by atoms with van der Waals surface area (Å²) in [5.41, 5.74) is 2.18. The van der Waals surface area contributed by atoms with Gasteiger partial charge in [0.15, 0.2) is 5.75 Å². The van der Waals surface area contributed by atoms with Gasteiger partial charge in [0.05, 0.1) is 16.8 Å². The van der Waals surface area contributed by atoms with Gasteiger partial charge in [-0.2, -0.15) is 0 Å². The molecule has 3 heterocycles. The number of ether oxygens (including phenoxy) is 2. The van der Waals surface area contributed by atoms with E-state index in [0.29, 0.717) is 5.76 Å². The van der Waals surface area contributed by atoms with Crippen molar-refractivity contribution in [1.82, 2.24) is 15.2 Å². The SMILES string of the molecule is C=C1C=CC(Oc2ncc(Cl)cc2OCC(F)F)=CN1C=C(C)C.C=NC1(C)CCNC(C)(C)C1. The average molecular weight is 509 g/mol. The second kappa shape index (κ2) is 12.3. The first-order chi connectivity index (χ1) is 16.3. The monoisotopic (exact) mass is 508 g/mol. The zero-order valence-corrected chi connectivity index (χ0v) is 21.8. The van der Waals surface area contributed by atoms with Gasteiger partial charge in [0.2, 0.25) is 0 Å². The molecule has 0 aromatic carbocycles. The van der Waals surface area contributed by atoms with Crippen molar-refractivity contribution < 1.29 is 18.3 Å². The van der Waals surface area contributed by atoms with Gasteiger partial charge in [0.25, 0.3) is 12.3 Å². The third-order valence-corrected chi connectivity index (χ3v) is 5.48. The normalized spacial score (nSPS) is 21.0. The van der Waals surface area contributed by atoms with Gasteiger partial charge in [-0.15, -0.1) is 0 Å². The number of aliphatic imine (C=N–C) groups is 1. The van der Waals surface area contributed by atoms with Crippen molar-refractivity contribution in [2.75, 3.05) is 13.2 Å². The summed E-state index contributed by atoms with van der Waals surface area (Å²) in [5, 5.41) is 3.72. The Kier molecular flexibility index (Phi) is 10.0. The second-order valence-electron chi connectivity index (χ2n) is 9.62. The third-order valence-electron chi connectivity index (χ3n) is 5.27. The average Bonchev–Trinajstić information content (AvgIpc) is 2.75. The molecule has 35 heavy (non-hydrogen) atoms. The van der Waals surface area contributed by atoms with Gasteiger partial charge >= 0.3 is 0 Å². The topological polar surface area (TPSA) is 59.0 Å². The Hall–Kier alpha value is -2.71. The van der Waals surface area contributed by atoms with Gasteiger partial charge in [-0.25, -0.2) is 13.8 Å². The van der Waals surface area contributed by atoms with E-state index < -0.39 is 13.0 Å². The summed E-state index contributed by atoms with van der Waals surface area (Å²) in [4.78, 5) is 9.98. The van der Waals surface area contributed by atoms with Gasteiger partial charge in [-0.05, 0) is 72.9 Å². The minimum Gasteiger partial charge on any atom is -0.482 e. The van der Waals surface area contributed by atoms with Crippen LogP contribution in [0.5, 0.6) is 11.6 Å². The predicted molar refractivity (Wildman–Crippen MR) is 138 cm³/mol. The quantitative estimate of drug-likeness (QED) is 0.425. The van der Waals surface area contributed by atoms with Crippen LogP contribution >= 0.6 is 11.6 Å². The highest BCUT2D eigenvalue weighted by atomic mass is 35.5. The van der Waals surface area contributed by atoms with Crippen molar-refractivity contribution >= 4 is 18.3 Å². The molecule has 2 aliphatic rings. The van der Waals surface area contributed by atoms with Crippen LogP contribution in [0.1, 0.15) is 47.5 Å². The lowest BCUT2D eigenvalue weighted by Crippen LogP contribution is -2.51. The maximum Gasteiger partial charge on any atom is 0.272 e. The van der Waals surface area contributed by atoms with Crippen molar-refractivity contribution in [3.8, 4) is 11.6 Å². The van der Waals surface area contributed by atoms with E-state index in [1.54, 1.807) is 23.3 Å². The molecular weight excluding hydrogens is 474 g/mol. The van der Waals surface area contributed by atoms with Gasteiger partial charge in [-0.3, -0.25) is 4.99 Å². The van der Waals surface area contributed by atoms with Crippen LogP contribution in [0.2, 0.25) is 5.02 Å². The van der Waals surface area contributed by atoms with E-state index in [2.05, 4.69) is 49.4 Å². The fraction of sp³-hybridized carbons (Fsp3) is 0.462. The number of aromatic nitrogens is 1. The lowest BCUT2D eigenvalue weighted by atomic mass is 9.80. The number of rotatable bonds is 7. The maximum absolute atomic E-state index is 12.4. The van der Waals surface area contributed by atoms with Gasteiger partial charge in [0, 0.05) is 29.7 Å². The number of allylic oxidation sites excluding steroid dienone is 3. The third kappa shape index (κ3) is 9.45. The summed E-state index contributed by atoms with van der Waals surface area (Å²) < 4.78 is 35.4. The minimum absolute atomic E-state index is 0.0512. The summed E-state index contributed by atoms with van der Waals surface area (Å²) in [6, 6.07) is 1.38. The summed E-state index contributed by atoms with van der Waals surface area (Å²) in [7, 11) is 0. The van der Waals surface area contributed by atoms with Crippen molar-refractivity contribution in [2.24, 2.45) is 4.99 Å². The van der Waals surface area contributed by atoms with Gasteiger partial charge in [0.1, 0.15) is 12.4 Å². The van der Waals surface area contributed by atoms with E-state index >= 15 is 0 Å². The van der Waals surface area contributed by atoms with Crippen LogP contribution in [-0.4, -0.2) is 47.3 Å². The molecule has 2 aliphatic heterocycles. The zero-order chi connectivity index (χ0) is 26.2. The largest absolute Gasteiger partial charge is 0.482 e. The second-order valence-corrected chi connectivity index (χ2v) is 10.1. The summed E-state index contributed by atoms with van der Waals surface area (Å²) in [6.45, 7) is 18.4. The molecule has 6 nitrogen and oxygen atoms in total. The standard InChI is InChI=1S/C17H17ClF2N2O2.C9H18N2/c1-11(2)8-22-9-14(5-4-12(22)3)24-17-15(23-10-16(19)20)6-13(18)7-21-17;1-8(2)7-9(3,10-4)5-6-11-8/h4-9,16H,3,10H2,1-2H3;11H,4-7H2,1-3H3. The molecule has 0 bridgehead atoms. The molecule has 9 heteroatoms. The lowest BCUT2D eigenvalue weighted by molar-refractivity contribution is 0.0802. The Labute approximate surface area is 212 Å².